The Bertz CT molecular complexity index is 75.9. The molecule has 0 unspecified atom stereocenters. The summed E-state index contributed by atoms with van der Waals surface area (Å²) in [4.78, 5) is 21.6. The van der Waals surface area contributed by atoms with Gasteiger partial charge in [-0.05, 0) is 6.92 Å². The molecule has 0 saturated carbocycles. The second-order valence-electron chi connectivity index (χ2n) is 1.09. The number of phosphoric acid groups is 1. The number of hydrogen-bond donors (Lipinski definition) is 3. The van der Waals surface area contributed by atoms with Gasteiger partial charge in [0.25, 0.3) is 0 Å². The molecular formula is C3H11O5P. The molecule has 0 amide bonds. The van der Waals surface area contributed by atoms with Gasteiger partial charge < -0.3 is 19.4 Å². The van der Waals surface area contributed by atoms with Crippen molar-refractivity contribution in [3.63, 3.8) is 0 Å². The van der Waals surface area contributed by atoms with E-state index < -0.39 is 7.82 Å². The molecule has 0 spiro atoms. The van der Waals surface area contributed by atoms with E-state index in [1.54, 1.807) is 7.11 Å². The van der Waals surface area contributed by atoms with Gasteiger partial charge in [0.15, 0.2) is 0 Å². The lowest BCUT2D eigenvalue weighted by Gasteiger charge is -1.82. The van der Waals surface area contributed by atoms with E-state index in [2.05, 4.69) is 4.74 Å². The molecule has 0 rings (SSSR count). The summed E-state index contributed by atoms with van der Waals surface area (Å²) < 4.78 is 13.4. The normalized spacial score (nSPS) is 9.89. The first kappa shape index (κ1) is 11.8. The topological polar surface area (TPSA) is 87.0 Å². The fourth-order valence-electron chi connectivity index (χ4n) is 0. The van der Waals surface area contributed by atoms with E-state index >= 15 is 0 Å². The van der Waals surface area contributed by atoms with Crippen LogP contribution in [0, 0.1) is 0 Å². The minimum atomic E-state index is -4.64. The zero-order chi connectivity index (χ0) is 7.91. The van der Waals surface area contributed by atoms with Crippen LogP contribution in [0.2, 0.25) is 0 Å². The first-order chi connectivity index (χ1) is 3.91. The number of ether oxygens (including phenoxy) is 1. The van der Waals surface area contributed by atoms with Crippen molar-refractivity contribution >= 4 is 7.82 Å². The predicted molar refractivity (Wildman–Crippen MR) is 31.8 cm³/mol. The Balaban J connectivity index is 0. The van der Waals surface area contributed by atoms with Crippen LogP contribution >= 0.6 is 7.82 Å². The Morgan fingerprint density at radius 3 is 1.56 bits per heavy atom. The van der Waals surface area contributed by atoms with E-state index in [0.717, 1.165) is 6.61 Å². The largest absolute Gasteiger partial charge is 0.466 e. The van der Waals surface area contributed by atoms with Crippen molar-refractivity contribution in [3.8, 4) is 0 Å². The van der Waals surface area contributed by atoms with Crippen LogP contribution in [0.1, 0.15) is 6.92 Å². The highest BCUT2D eigenvalue weighted by Gasteiger charge is 2.00. The lowest BCUT2D eigenvalue weighted by Crippen LogP contribution is -1.73. The molecule has 0 aliphatic heterocycles. The molecule has 9 heavy (non-hydrogen) atoms. The maximum atomic E-state index is 8.88. The summed E-state index contributed by atoms with van der Waals surface area (Å²) in [6, 6.07) is 0. The predicted octanol–water partition coefficient (Wildman–Crippen LogP) is -0.276. The van der Waals surface area contributed by atoms with Crippen molar-refractivity contribution < 1.29 is 24.0 Å². The van der Waals surface area contributed by atoms with Crippen molar-refractivity contribution in [3.05, 3.63) is 0 Å². The molecule has 0 saturated heterocycles. The van der Waals surface area contributed by atoms with Gasteiger partial charge in [0.1, 0.15) is 0 Å². The molecule has 0 aromatic heterocycles. The Morgan fingerprint density at radius 2 is 1.56 bits per heavy atom. The molecule has 0 radical (unpaired) electrons. The molecule has 58 valence electrons. The molecule has 0 bridgehead atoms. The standard InChI is InChI=1S/C3H8O.H3O4P/c1-3-4-2;1-5(2,3)4/h3H2,1-2H3;(H3,1,2,3,4). The summed E-state index contributed by atoms with van der Waals surface area (Å²) in [5, 5.41) is 0. The third-order valence-corrected chi connectivity index (χ3v) is 0.289. The lowest BCUT2D eigenvalue weighted by atomic mass is 10.9. The van der Waals surface area contributed by atoms with Crippen LogP contribution in [0.15, 0.2) is 0 Å². The Labute approximate surface area is 53.5 Å². The highest BCUT2D eigenvalue weighted by atomic mass is 31.2. The molecule has 0 aliphatic carbocycles. The summed E-state index contributed by atoms with van der Waals surface area (Å²) in [5.74, 6) is 0. The van der Waals surface area contributed by atoms with Crippen LogP contribution in [0.5, 0.6) is 0 Å². The minimum Gasteiger partial charge on any atom is -0.385 e. The fraction of sp³-hybridized carbons (Fsp3) is 1.00. The molecule has 0 fully saturated rings. The number of hydrogen-bond acceptors (Lipinski definition) is 2. The van der Waals surface area contributed by atoms with E-state index in [-0.39, 0.29) is 0 Å². The summed E-state index contributed by atoms with van der Waals surface area (Å²) in [5.41, 5.74) is 0. The molecule has 0 aromatic carbocycles. The number of methoxy groups -OCH3 is 1. The summed E-state index contributed by atoms with van der Waals surface area (Å²) >= 11 is 0. The molecular weight excluding hydrogens is 147 g/mol. The maximum absolute atomic E-state index is 8.88. The van der Waals surface area contributed by atoms with Crippen LogP contribution in [-0.4, -0.2) is 28.4 Å². The number of rotatable bonds is 1. The van der Waals surface area contributed by atoms with Gasteiger partial charge >= 0.3 is 7.82 Å². The van der Waals surface area contributed by atoms with Crippen LogP contribution in [-0.2, 0) is 9.30 Å². The zero-order valence-corrected chi connectivity index (χ0v) is 6.21. The average Bonchev–Trinajstić information content (AvgIpc) is 1.61. The van der Waals surface area contributed by atoms with E-state index in [4.69, 9.17) is 19.2 Å². The molecule has 0 aliphatic rings. The molecule has 0 atom stereocenters. The smallest absolute Gasteiger partial charge is 0.385 e. The van der Waals surface area contributed by atoms with Crippen LogP contribution in [0.3, 0.4) is 0 Å². The van der Waals surface area contributed by atoms with Gasteiger partial charge in [-0.3, -0.25) is 0 Å². The SMILES string of the molecule is CCOC.O=P(O)(O)O. The quantitative estimate of drug-likeness (QED) is 0.457. The van der Waals surface area contributed by atoms with E-state index in [0.29, 0.717) is 0 Å². The van der Waals surface area contributed by atoms with Gasteiger partial charge in [-0.1, -0.05) is 0 Å². The van der Waals surface area contributed by atoms with E-state index in [1.165, 1.54) is 0 Å². The van der Waals surface area contributed by atoms with Crippen molar-refractivity contribution in [2.75, 3.05) is 13.7 Å². The lowest BCUT2D eigenvalue weighted by molar-refractivity contribution is 0.215. The van der Waals surface area contributed by atoms with Gasteiger partial charge in [-0.25, -0.2) is 4.57 Å². The van der Waals surface area contributed by atoms with Gasteiger partial charge in [0.2, 0.25) is 0 Å². The monoisotopic (exact) mass is 158 g/mol. The third-order valence-electron chi connectivity index (χ3n) is 0.289. The van der Waals surface area contributed by atoms with Crippen molar-refractivity contribution in [2.24, 2.45) is 0 Å². The summed E-state index contributed by atoms with van der Waals surface area (Å²) in [7, 11) is -2.96. The van der Waals surface area contributed by atoms with E-state index in [1.807, 2.05) is 6.92 Å². The second-order valence-corrected chi connectivity index (χ2v) is 2.12. The van der Waals surface area contributed by atoms with Gasteiger partial charge in [0, 0.05) is 13.7 Å². The summed E-state index contributed by atoms with van der Waals surface area (Å²) in [6.07, 6.45) is 0. The van der Waals surface area contributed by atoms with Crippen molar-refractivity contribution in [2.45, 2.75) is 6.92 Å². The Morgan fingerprint density at radius 1 is 1.44 bits per heavy atom. The van der Waals surface area contributed by atoms with Crippen molar-refractivity contribution in [1.82, 2.24) is 0 Å². The summed E-state index contributed by atoms with van der Waals surface area (Å²) in [6.45, 7) is 2.78. The minimum absolute atomic E-state index is 0.819. The average molecular weight is 158 g/mol. The first-order valence-electron chi connectivity index (χ1n) is 2.19. The van der Waals surface area contributed by atoms with Crippen LogP contribution < -0.4 is 0 Å². The Kier molecular flexibility index (Phi) is 8.13. The fourth-order valence-corrected chi connectivity index (χ4v) is 0. The molecule has 0 heterocycles. The van der Waals surface area contributed by atoms with Gasteiger partial charge in [-0.15, -0.1) is 0 Å². The molecule has 3 N–H and O–H groups in total. The van der Waals surface area contributed by atoms with Crippen LogP contribution in [0.25, 0.3) is 0 Å². The van der Waals surface area contributed by atoms with Crippen molar-refractivity contribution in [1.29, 1.82) is 0 Å². The van der Waals surface area contributed by atoms with Gasteiger partial charge in [-0.2, -0.15) is 0 Å². The third kappa shape index (κ3) is 260. The van der Waals surface area contributed by atoms with Crippen LogP contribution in [0.4, 0.5) is 0 Å². The highest BCUT2D eigenvalue weighted by molar-refractivity contribution is 7.45. The van der Waals surface area contributed by atoms with Gasteiger partial charge in [0.05, 0.1) is 0 Å². The molecule has 0 aromatic rings. The first-order valence-corrected chi connectivity index (χ1v) is 3.75. The second kappa shape index (κ2) is 6.19. The highest BCUT2D eigenvalue weighted by Crippen LogP contribution is 2.25. The van der Waals surface area contributed by atoms with E-state index in [9.17, 15) is 0 Å². The molecule has 5 nitrogen and oxygen atoms in total. The Hall–Kier alpha value is 0.0700. The molecule has 6 heteroatoms. The maximum Gasteiger partial charge on any atom is 0.466 e. The zero-order valence-electron chi connectivity index (χ0n) is 5.31.